The molecule has 1 heterocycles. The van der Waals surface area contributed by atoms with E-state index < -0.39 is 23.4 Å². The molecule has 0 atom stereocenters. The van der Waals surface area contributed by atoms with Gasteiger partial charge in [0.25, 0.3) is 5.91 Å². The number of benzene rings is 1. The molecule has 0 aliphatic heterocycles. The molecule has 0 saturated heterocycles. The Kier molecular flexibility index (Phi) is 5.48. The number of carbonyl (C=O) groups excluding carboxylic acids is 2. The van der Waals surface area contributed by atoms with Gasteiger partial charge in [0.15, 0.2) is 11.7 Å². The van der Waals surface area contributed by atoms with E-state index in [0.29, 0.717) is 11.3 Å². The summed E-state index contributed by atoms with van der Waals surface area (Å²) in [6.07, 6.45) is 1.01. The van der Waals surface area contributed by atoms with Crippen LogP contribution in [0.25, 0.3) is 0 Å². The molecule has 1 aromatic carbocycles. The van der Waals surface area contributed by atoms with Crippen molar-refractivity contribution in [3.05, 3.63) is 50.1 Å². The van der Waals surface area contributed by atoms with Crippen molar-refractivity contribution in [2.24, 2.45) is 0 Å². The third-order valence-corrected chi connectivity index (χ3v) is 3.92. The normalized spacial score (nSPS) is 10.2. The van der Waals surface area contributed by atoms with E-state index in [4.69, 9.17) is 27.9 Å². The first-order valence-electron chi connectivity index (χ1n) is 5.89. The zero-order valence-corrected chi connectivity index (χ0v) is 13.4. The molecule has 0 bridgehead atoms. The van der Waals surface area contributed by atoms with Gasteiger partial charge in [-0.1, -0.05) is 29.3 Å². The third-order valence-electron chi connectivity index (χ3n) is 2.42. The topological polar surface area (TPSA) is 111 Å². The number of nitrogens with zero attached hydrogens (tertiary/aromatic N) is 2. The number of hydrogen-bond acceptors (Lipinski definition) is 7. The molecule has 1 amide bonds. The van der Waals surface area contributed by atoms with Gasteiger partial charge in [-0.15, -0.1) is 0 Å². The van der Waals surface area contributed by atoms with E-state index >= 15 is 0 Å². The van der Waals surface area contributed by atoms with Gasteiger partial charge >= 0.3 is 11.0 Å². The number of ether oxygens (including phenoxy) is 1. The maximum Gasteiger partial charge on any atom is 0.345 e. The molecule has 0 unspecified atom stereocenters. The molecule has 0 saturated carbocycles. The number of amides is 1. The van der Waals surface area contributed by atoms with Gasteiger partial charge in [0, 0.05) is 0 Å². The summed E-state index contributed by atoms with van der Waals surface area (Å²) in [6.45, 7) is -0.617. The second kappa shape index (κ2) is 7.36. The van der Waals surface area contributed by atoms with Gasteiger partial charge in [0.1, 0.15) is 6.20 Å². The summed E-state index contributed by atoms with van der Waals surface area (Å²) in [6, 6.07) is 4.47. The van der Waals surface area contributed by atoms with Crippen LogP contribution in [0.15, 0.2) is 24.4 Å². The van der Waals surface area contributed by atoms with Crippen LogP contribution in [0.4, 0.5) is 10.1 Å². The van der Waals surface area contributed by atoms with E-state index in [1.807, 2.05) is 0 Å². The molecular formula is C12H7Cl2N3O5S. The Bertz CT molecular complexity index is 760. The maximum absolute atomic E-state index is 11.9. The Morgan fingerprint density at radius 3 is 2.57 bits per heavy atom. The lowest BCUT2D eigenvalue weighted by atomic mass is 10.2. The predicted molar refractivity (Wildman–Crippen MR) is 84.1 cm³/mol. The molecule has 1 N–H and O–H groups in total. The van der Waals surface area contributed by atoms with Gasteiger partial charge in [-0.25, -0.2) is 9.78 Å². The summed E-state index contributed by atoms with van der Waals surface area (Å²) < 4.78 is 4.80. The molecule has 0 aliphatic carbocycles. The summed E-state index contributed by atoms with van der Waals surface area (Å²) in [4.78, 5) is 37.0. The quantitative estimate of drug-likeness (QED) is 0.487. The number of nitro groups is 1. The lowest BCUT2D eigenvalue weighted by Gasteiger charge is -2.07. The minimum absolute atomic E-state index is 0.0218. The van der Waals surface area contributed by atoms with Gasteiger partial charge in [-0.3, -0.25) is 20.2 Å². The number of esters is 1. The predicted octanol–water partition coefficient (Wildman–Crippen LogP) is 3.15. The minimum atomic E-state index is -0.860. The zero-order chi connectivity index (χ0) is 17.0. The van der Waals surface area contributed by atoms with Crippen LogP contribution in [-0.4, -0.2) is 28.4 Å². The number of carbonyl (C=O) groups is 2. The number of hydrogen-bond donors (Lipinski definition) is 1. The monoisotopic (exact) mass is 375 g/mol. The van der Waals surface area contributed by atoms with Crippen molar-refractivity contribution in [2.45, 2.75) is 0 Å². The van der Waals surface area contributed by atoms with Gasteiger partial charge in [-0.05, 0) is 23.5 Å². The van der Waals surface area contributed by atoms with Gasteiger partial charge in [0.2, 0.25) is 0 Å². The van der Waals surface area contributed by atoms with Crippen molar-refractivity contribution in [3.8, 4) is 0 Å². The van der Waals surface area contributed by atoms with Crippen molar-refractivity contribution in [1.82, 2.24) is 4.98 Å². The van der Waals surface area contributed by atoms with Crippen LogP contribution in [0.5, 0.6) is 0 Å². The highest BCUT2D eigenvalue weighted by molar-refractivity contribution is 7.18. The molecule has 2 rings (SSSR count). The van der Waals surface area contributed by atoms with Crippen LogP contribution in [-0.2, 0) is 9.53 Å². The van der Waals surface area contributed by atoms with Crippen LogP contribution >= 0.6 is 34.5 Å². The summed E-state index contributed by atoms with van der Waals surface area (Å²) in [5.41, 5.74) is -0.0477. The highest BCUT2D eigenvalue weighted by Crippen LogP contribution is 2.26. The summed E-state index contributed by atoms with van der Waals surface area (Å²) in [5, 5.41) is 12.8. The number of halogens is 2. The van der Waals surface area contributed by atoms with Crippen molar-refractivity contribution in [1.29, 1.82) is 0 Å². The average molecular weight is 376 g/mol. The molecule has 0 fully saturated rings. The van der Waals surface area contributed by atoms with Crippen LogP contribution in [0.2, 0.25) is 10.0 Å². The Labute approximate surface area is 143 Å². The third kappa shape index (κ3) is 4.38. The molecule has 2 aromatic rings. The fraction of sp³-hybridized carbons (Fsp3) is 0.0833. The lowest BCUT2D eigenvalue weighted by Crippen LogP contribution is -2.21. The lowest BCUT2D eigenvalue weighted by molar-refractivity contribution is -0.380. The Balaban J connectivity index is 1.93. The number of rotatable bonds is 5. The first kappa shape index (κ1) is 17.1. The van der Waals surface area contributed by atoms with E-state index in [9.17, 15) is 19.7 Å². The zero-order valence-electron chi connectivity index (χ0n) is 11.1. The van der Waals surface area contributed by atoms with E-state index in [1.54, 1.807) is 6.07 Å². The van der Waals surface area contributed by atoms with Crippen molar-refractivity contribution >= 4 is 56.5 Å². The molecule has 0 aliphatic rings. The fourth-order valence-electron chi connectivity index (χ4n) is 1.46. The van der Waals surface area contributed by atoms with Crippen LogP contribution < -0.4 is 5.32 Å². The molecule has 0 radical (unpaired) electrons. The fourth-order valence-corrected chi connectivity index (χ4v) is 2.66. The molecule has 11 heteroatoms. The second-order valence-electron chi connectivity index (χ2n) is 3.98. The van der Waals surface area contributed by atoms with Crippen LogP contribution in [0.3, 0.4) is 0 Å². The van der Waals surface area contributed by atoms with Gasteiger partial charge in [0.05, 0.1) is 20.5 Å². The van der Waals surface area contributed by atoms with Crippen molar-refractivity contribution < 1.29 is 19.2 Å². The average Bonchev–Trinajstić information content (AvgIpc) is 2.93. The smallest absolute Gasteiger partial charge is 0.345 e. The second-order valence-corrected chi connectivity index (χ2v) is 5.81. The number of nitrogens with one attached hydrogen (secondary N) is 1. The highest BCUT2D eigenvalue weighted by Gasteiger charge is 2.18. The maximum atomic E-state index is 11.9. The van der Waals surface area contributed by atoms with E-state index in [0.717, 1.165) is 6.20 Å². The minimum Gasteiger partial charge on any atom is -0.452 e. The Hall–Kier alpha value is -2.23. The number of aromatic nitrogens is 1. The number of thiazole rings is 1. The largest absolute Gasteiger partial charge is 0.452 e. The summed E-state index contributed by atoms with van der Waals surface area (Å²) in [7, 11) is 0. The van der Waals surface area contributed by atoms with Gasteiger partial charge in [-0.2, -0.15) is 0 Å². The first-order chi connectivity index (χ1) is 10.9. The van der Waals surface area contributed by atoms with Crippen molar-refractivity contribution in [3.63, 3.8) is 0 Å². The van der Waals surface area contributed by atoms with E-state index in [-0.39, 0.29) is 25.7 Å². The molecule has 120 valence electrons. The molecular weight excluding hydrogens is 369 g/mol. The molecule has 1 aromatic heterocycles. The van der Waals surface area contributed by atoms with Crippen molar-refractivity contribution in [2.75, 3.05) is 11.9 Å². The molecule has 0 spiro atoms. The Morgan fingerprint density at radius 1 is 1.35 bits per heavy atom. The Morgan fingerprint density at radius 2 is 2.00 bits per heavy atom. The highest BCUT2D eigenvalue weighted by atomic mass is 35.5. The first-order valence-corrected chi connectivity index (χ1v) is 7.47. The summed E-state index contributed by atoms with van der Waals surface area (Å²) in [5.74, 6) is -1.56. The van der Waals surface area contributed by atoms with Crippen LogP contribution in [0, 0.1) is 10.1 Å². The molecule has 8 nitrogen and oxygen atoms in total. The SMILES string of the molecule is O=C(COC(=O)c1c(Cl)cccc1Cl)Nc1ncc([N+](=O)[O-])s1. The van der Waals surface area contributed by atoms with E-state index in [2.05, 4.69) is 10.3 Å². The van der Waals surface area contributed by atoms with Crippen LogP contribution in [0.1, 0.15) is 10.4 Å². The standard InChI is InChI=1S/C12H7Cl2N3O5S/c13-6-2-1-3-7(14)10(6)11(19)22-5-8(18)16-12-15-4-9(23-12)17(20)21/h1-4H,5H2,(H,15,16,18). The summed E-state index contributed by atoms with van der Waals surface area (Å²) >= 11 is 12.4. The van der Waals surface area contributed by atoms with E-state index in [1.165, 1.54) is 12.1 Å². The van der Waals surface area contributed by atoms with Gasteiger partial charge < -0.3 is 4.74 Å². The number of anilines is 1. The molecule has 23 heavy (non-hydrogen) atoms.